The summed E-state index contributed by atoms with van der Waals surface area (Å²) in [7, 11) is -0.0397. The van der Waals surface area contributed by atoms with Crippen molar-refractivity contribution in [2.24, 2.45) is 0 Å². The van der Waals surface area contributed by atoms with Crippen molar-refractivity contribution in [1.82, 2.24) is 4.67 Å². The highest BCUT2D eigenvalue weighted by molar-refractivity contribution is 7.28. The molecule has 1 saturated heterocycles. The standard InChI is InChI=1S/C4H10NO2P/c6-8-5-1-3-7-4-2-5/h6,8H,1-4H2. The van der Waals surface area contributed by atoms with E-state index in [1.165, 1.54) is 0 Å². The number of rotatable bonds is 1. The molecular weight excluding hydrogens is 125 g/mol. The fourth-order valence-electron chi connectivity index (χ4n) is 0.663. The Hall–Kier alpha value is 0.310. The molecule has 0 bridgehead atoms. The summed E-state index contributed by atoms with van der Waals surface area (Å²) in [5.41, 5.74) is 0. The van der Waals surface area contributed by atoms with E-state index < -0.39 is 0 Å². The first kappa shape index (κ1) is 6.43. The van der Waals surface area contributed by atoms with Crippen LogP contribution in [0.1, 0.15) is 0 Å². The molecular formula is C4H10NO2P. The zero-order chi connectivity index (χ0) is 5.82. The lowest BCUT2D eigenvalue weighted by molar-refractivity contribution is 0.0734. The van der Waals surface area contributed by atoms with E-state index in [4.69, 9.17) is 9.63 Å². The summed E-state index contributed by atoms with van der Waals surface area (Å²) in [4.78, 5) is 8.59. The van der Waals surface area contributed by atoms with E-state index in [9.17, 15) is 0 Å². The summed E-state index contributed by atoms with van der Waals surface area (Å²) in [6.07, 6.45) is 0. The quantitative estimate of drug-likeness (QED) is 0.506. The van der Waals surface area contributed by atoms with Crippen LogP contribution < -0.4 is 0 Å². The van der Waals surface area contributed by atoms with Gasteiger partial charge in [-0.1, -0.05) is 0 Å². The van der Waals surface area contributed by atoms with Gasteiger partial charge in [0.05, 0.1) is 22.2 Å². The normalized spacial score (nSPS) is 25.1. The molecule has 0 amide bonds. The number of hydrogen-bond acceptors (Lipinski definition) is 3. The second-order valence-corrected chi connectivity index (χ2v) is 2.53. The Bertz CT molecular complexity index is 65.1. The molecule has 1 aliphatic rings. The third-order valence-corrected chi connectivity index (χ3v) is 1.88. The monoisotopic (exact) mass is 135 g/mol. The molecule has 1 unspecified atom stereocenters. The van der Waals surface area contributed by atoms with Gasteiger partial charge in [-0.3, -0.25) is 4.67 Å². The van der Waals surface area contributed by atoms with Crippen molar-refractivity contribution < 1.29 is 9.63 Å². The van der Waals surface area contributed by atoms with Crippen LogP contribution in [0.3, 0.4) is 0 Å². The van der Waals surface area contributed by atoms with E-state index in [0.717, 1.165) is 26.3 Å². The molecule has 0 aromatic carbocycles. The summed E-state index contributed by atoms with van der Waals surface area (Å²) in [6, 6.07) is 0. The minimum atomic E-state index is -0.0397. The molecule has 0 saturated carbocycles. The largest absolute Gasteiger partial charge is 0.379 e. The molecule has 4 heteroatoms. The molecule has 3 nitrogen and oxygen atoms in total. The Balaban J connectivity index is 2.13. The SMILES string of the molecule is OPN1CCOCC1. The predicted molar refractivity (Wildman–Crippen MR) is 32.9 cm³/mol. The summed E-state index contributed by atoms with van der Waals surface area (Å²) in [5, 5.41) is 0. The third-order valence-electron chi connectivity index (χ3n) is 1.15. The average Bonchev–Trinajstić information content (AvgIpc) is 1.90. The van der Waals surface area contributed by atoms with Gasteiger partial charge in [0.15, 0.2) is 0 Å². The van der Waals surface area contributed by atoms with Gasteiger partial charge >= 0.3 is 0 Å². The molecule has 1 N–H and O–H groups in total. The van der Waals surface area contributed by atoms with E-state index in [2.05, 4.69) is 0 Å². The minimum Gasteiger partial charge on any atom is -0.379 e. The van der Waals surface area contributed by atoms with Crippen molar-refractivity contribution in [1.29, 1.82) is 0 Å². The van der Waals surface area contributed by atoms with Crippen LogP contribution in [0, 0.1) is 0 Å². The molecule has 8 heavy (non-hydrogen) atoms. The van der Waals surface area contributed by atoms with E-state index in [1.807, 2.05) is 4.67 Å². The van der Waals surface area contributed by atoms with E-state index >= 15 is 0 Å². The van der Waals surface area contributed by atoms with E-state index in [0.29, 0.717) is 0 Å². The van der Waals surface area contributed by atoms with Gasteiger partial charge < -0.3 is 9.63 Å². The van der Waals surface area contributed by atoms with Gasteiger partial charge in [0, 0.05) is 13.1 Å². The highest BCUT2D eigenvalue weighted by Gasteiger charge is 2.07. The van der Waals surface area contributed by atoms with Gasteiger partial charge in [-0.2, -0.15) is 0 Å². The maximum atomic E-state index is 8.59. The molecule has 48 valence electrons. The van der Waals surface area contributed by atoms with Crippen molar-refractivity contribution in [2.45, 2.75) is 0 Å². The van der Waals surface area contributed by atoms with Gasteiger partial charge in [-0.25, -0.2) is 0 Å². The molecule has 1 rings (SSSR count). The zero-order valence-electron chi connectivity index (χ0n) is 4.63. The van der Waals surface area contributed by atoms with Gasteiger partial charge in [-0.05, 0) is 0 Å². The molecule has 0 spiro atoms. The summed E-state index contributed by atoms with van der Waals surface area (Å²) < 4.78 is 7.03. The molecule has 1 atom stereocenters. The summed E-state index contributed by atoms with van der Waals surface area (Å²) >= 11 is 0. The van der Waals surface area contributed by atoms with Crippen LogP contribution in [0.4, 0.5) is 0 Å². The second-order valence-electron chi connectivity index (χ2n) is 1.70. The van der Waals surface area contributed by atoms with Gasteiger partial charge in [-0.15, -0.1) is 0 Å². The van der Waals surface area contributed by atoms with Crippen molar-refractivity contribution >= 4 is 8.96 Å². The fourth-order valence-corrected chi connectivity index (χ4v) is 1.05. The van der Waals surface area contributed by atoms with Crippen molar-refractivity contribution in [3.8, 4) is 0 Å². The van der Waals surface area contributed by atoms with Gasteiger partial charge in [0.25, 0.3) is 0 Å². The number of hydrogen-bond donors (Lipinski definition) is 1. The van der Waals surface area contributed by atoms with Crippen LogP contribution >= 0.6 is 8.96 Å². The van der Waals surface area contributed by atoms with Crippen LogP contribution in [0.2, 0.25) is 0 Å². The lowest BCUT2D eigenvalue weighted by Crippen LogP contribution is -2.29. The minimum absolute atomic E-state index is 0.0397. The Kier molecular flexibility index (Phi) is 2.70. The smallest absolute Gasteiger partial charge is 0.0854 e. The van der Waals surface area contributed by atoms with E-state index in [-0.39, 0.29) is 8.96 Å². The first-order valence-electron chi connectivity index (χ1n) is 2.66. The Morgan fingerprint density at radius 1 is 1.38 bits per heavy atom. The molecule has 1 aliphatic heterocycles. The van der Waals surface area contributed by atoms with Crippen molar-refractivity contribution in [2.75, 3.05) is 26.3 Å². The highest BCUT2D eigenvalue weighted by atomic mass is 31.1. The lowest BCUT2D eigenvalue weighted by Gasteiger charge is -2.23. The first-order chi connectivity index (χ1) is 3.93. The summed E-state index contributed by atoms with van der Waals surface area (Å²) in [5.74, 6) is 0. The molecule has 1 fully saturated rings. The van der Waals surface area contributed by atoms with Crippen molar-refractivity contribution in [3.05, 3.63) is 0 Å². The molecule has 0 radical (unpaired) electrons. The second kappa shape index (κ2) is 3.36. The van der Waals surface area contributed by atoms with Crippen LogP contribution in [0.25, 0.3) is 0 Å². The Labute approximate surface area is 50.6 Å². The zero-order valence-corrected chi connectivity index (χ0v) is 5.63. The lowest BCUT2D eigenvalue weighted by atomic mass is 10.5. The molecule has 1 heterocycles. The van der Waals surface area contributed by atoms with Crippen LogP contribution in [-0.2, 0) is 4.74 Å². The average molecular weight is 135 g/mol. The molecule has 0 aromatic rings. The summed E-state index contributed by atoms with van der Waals surface area (Å²) in [6.45, 7) is 3.31. The highest BCUT2D eigenvalue weighted by Crippen LogP contribution is 2.12. The maximum absolute atomic E-state index is 8.59. The van der Waals surface area contributed by atoms with Gasteiger partial charge in [0.1, 0.15) is 0 Å². The van der Waals surface area contributed by atoms with E-state index in [1.54, 1.807) is 0 Å². The predicted octanol–water partition coefficient (Wildman–Crippen LogP) is -0.181. The van der Waals surface area contributed by atoms with Crippen LogP contribution in [-0.4, -0.2) is 35.9 Å². The third kappa shape index (κ3) is 1.67. The Morgan fingerprint density at radius 2 is 2.00 bits per heavy atom. The Morgan fingerprint density at radius 3 is 2.38 bits per heavy atom. The van der Waals surface area contributed by atoms with Crippen LogP contribution in [0.15, 0.2) is 0 Å². The van der Waals surface area contributed by atoms with Crippen LogP contribution in [0.5, 0.6) is 0 Å². The maximum Gasteiger partial charge on any atom is 0.0854 e. The first-order valence-corrected chi connectivity index (χ1v) is 3.55. The topological polar surface area (TPSA) is 32.7 Å². The fraction of sp³-hybridized carbons (Fsp3) is 1.00. The number of morpholine rings is 1. The number of ether oxygens (including phenoxy) is 1. The number of nitrogens with zero attached hydrogens (tertiary/aromatic N) is 1. The van der Waals surface area contributed by atoms with Gasteiger partial charge in [0.2, 0.25) is 0 Å². The van der Waals surface area contributed by atoms with Crippen molar-refractivity contribution in [3.63, 3.8) is 0 Å². The molecule has 0 aliphatic carbocycles. The molecule has 0 aromatic heterocycles.